The van der Waals surface area contributed by atoms with Crippen LogP contribution in [0, 0.1) is 18.3 Å². The standard InChI is InChI=1S/C12H11ClN2/c1-8-10-7-9(13)4-5-12(10)15-11(8)3-2-6-14/h4-5,7,15H,2-3H2,1H3. The van der Waals surface area contributed by atoms with E-state index in [-0.39, 0.29) is 0 Å². The molecule has 2 nitrogen and oxygen atoms in total. The van der Waals surface area contributed by atoms with Crippen LogP contribution in [0.2, 0.25) is 5.02 Å². The number of rotatable bonds is 2. The Hall–Kier alpha value is -1.46. The summed E-state index contributed by atoms with van der Waals surface area (Å²) in [5.74, 6) is 0. The van der Waals surface area contributed by atoms with E-state index in [1.54, 1.807) is 0 Å². The summed E-state index contributed by atoms with van der Waals surface area (Å²) in [7, 11) is 0. The van der Waals surface area contributed by atoms with Crippen molar-refractivity contribution in [2.45, 2.75) is 19.8 Å². The fourth-order valence-electron chi connectivity index (χ4n) is 1.79. The van der Waals surface area contributed by atoms with Gasteiger partial charge in [0.1, 0.15) is 0 Å². The third-order valence-corrected chi connectivity index (χ3v) is 2.85. The van der Waals surface area contributed by atoms with Gasteiger partial charge < -0.3 is 4.98 Å². The Morgan fingerprint density at radius 2 is 2.27 bits per heavy atom. The first-order chi connectivity index (χ1) is 7.22. The van der Waals surface area contributed by atoms with Gasteiger partial charge in [0.15, 0.2) is 0 Å². The smallest absolute Gasteiger partial charge is 0.0625 e. The van der Waals surface area contributed by atoms with Gasteiger partial charge in [-0.25, -0.2) is 0 Å². The summed E-state index contributed by atoms with van der Waals surface area (Å²) in [6, 6.07) is 7.95. The monoisotopic (exact) mass is 218 g/mol. The van der Waals surface area contributed by atoms with Crippen molar-refractivity contribution < 1.29 is 0 Å². The van der Waals surface area contributed by atoms with Gasteiger partial charge in [-0.3, -0.25) is 0 Å². The molecule has 0 saturated carbocycles. The van der Waals surface area contributed by atoms with E-state index in [9.17, 15) is 0 Å². The molecule has 0 aliphatic carbocycles. The van der Waals surface area contributed by atoms with Crippen molar-refractivity contribution >= 4 is 22.5 Å². The highest BCUT2D eigenvalue weighted by atomic mass is 35.5. The molecule has 0 spiro atoms. The molecule has 0 atom stereocenters. The predicted molar refractivity (Wildman–Crippen MR) is 62.0 cm³/mol. The van der Waals surface area contributed by atoms with Crippen LogP contribution in [0.25, 0.3) is 10.9 Å². The maximum atomic E-state index is 8.55. The molecular formula is C12H11ClN2. The molecule has 0 amide bonds. The number of nitriles is 1. The van der Waals surface area contributed by atoms with Crippen molar-refractivity contribution in [3.63, 3.8) is 0 Å². The largest absolute Gasteiger partial charge is 0.358 e. The maximum absolute atomic E-state index is 8.55. The van der Waals surface area contributed by atoms with Gasteiger partial charge in [-0.1, -0.05) is 11.6 Å². The van der Waals surface area contributed by atoms with Crippen molar-refractivity contribution in [3.05, 3.63) is 34.5 Å². The van der Waals surface area contributed by atoms with E-state index >= 15 is 0 Å². The number of aromatic nitrogens is 1. The lowest BCUT2D eigenvalue weighted by molar-refractivity contribution is 0.961. The molecule has 2 aromatic rings. The van der Waals surface area contributed by atoms with Gasteiger partial charge in [-0.05, 0) is 30.7 Å². The Morgan fingerprint density at radius 1 is 1.47 bits per heavy atom. The summed E-state index contributed by atoms with van der Waals surface area (Å²) in [5, 5.41) is 10.4. The molecule has 0 aliphatic rings. The van der Waals surface area contributed by atoms with Crippen LogP contribution in [0.1, 0.15) is 17.7 Å². The number of aryl methyl sites for hydroxylation is 2. The molecule has 2 rings (SSSR count). The number of H-pyrrole nitrogens is 1. The second kappa shape index (κ2) is 3.96. The number of hydrogen-bond acceptors (Lipinski definition) is 1. The van der Waals surface area contributed by atoms with Crippen molar-refractivity contribution in [1.82, 2.24) is 4.98 Å². The van der Waals surface area contributed by atoms with Gasteiger partial charge >= 0.3 is 0 Å². The van der Waals surface area contributed by atoms with Gasteiger partial charge in [0.2, 0.25) is 0 Å². The molecule has 1 N–H and O–H groups in total. The summed E-state index contributed by atoms with van der Waals surface area (Å²) in [6.45, 7) is 2.06. The van der Waals surface area contributed by atoms with Crippen molar-refractivity contribution in [1.29, 1.82) is 5.26 Å². The number of fused-ring (bicyclic) bond motifs is 1. The van der Waals surface area contributed by atoms with Crippen LogP contribution in [0.5, 0.6) is 0 Å². The molecule has 3 heteroatoms. The fourth-order valence-corrected chi connectivity index (χ4v) is 1.96. The summed E-state index contributed by atoms with van der Waals surface area (Å²) < 4.78 is 0. The van der Waals surface area contributed by atoms with E-state index < -0.39 is 0 Å². The SMILES string of the molecule is Cc1c(CCC#N)[nH]c2ccc(Cl)cc12. The Kier molecular flexibility index (Phi) is 2.66. The highest BCUT2D eigenvalue weighted by Gasteiger charge is 2.07. The van der Waals surface area contributed by atoms with Crippen LogP contribution in [-0.4, -0.2) is 4.98 Å². The number of halogens is 1. The van der Waals surface area contributed by atoms with Gasteiger partial charge in [0.05, 0.1) is 6.07 Å². The maximum Gasteiger partial charge on any atom is 0.0625 e. The summed E-state index contributed by atoms with van der Waals surface area (Å²) in [6.07, 6.45) is 1.32. The lowest BCUT2D eigenvalue weighted by atomic mass is 10.1. The molecule has 76 valence electrons. The highest BCUT2D eigenvalue weighted by Crippen LogP contribution is 2.25. The third kappa shape index (κ3) is 1.84. The number of aromatic amines is 1. The highest BCUT2D eigenvalue weighted by molar-refractivity contribution is 6.31. The third-order valence-electron chi connectivity index (χ3n) is 2.61. The first-order valence-electron chi connectivity index (χ1n) is 4.86. The lowest BCUT2D eigenvalue weighted by Crippen LogP contribution is -1.85. The number of benzene rings is 1. The number of nitrogens with zero attached hydrogens (tertiary/aromatic N) is 1. The van der Waals surface area contributed by atoms with Gasteiger partial charge in [0.25, 0.3) is 0 Å². The molecule has 0 aliphatic heterocycles. The van der Waals surface area contributed by atoms with Crippen LogP contribution >= 0.6 is 11.6 Å². The minimum atomic E-state index is 0.543. The molecule has 0 unspecified atom stereocenters. The second-order valence-corrected chi connectivity index (χ2v) is 4.01. The molecule has 0 radical (unpaired) electrons. The molecule has 0 bridgehead atoms. The minimum Gasteiger partial charge on any atom is -0.358 e. The van der Waals surface area contributed by atoms with Crippen molar-refractivity contribution in [2.24, 2.45) is 0 Å². The first-order valence-corrected chi connectivity index (χ1v) is 5.24. The second-order valence-electron chi connectivity index (χ2n) is 3.58. The van der Waals surface area contributed by atoms with E-state index in [1.165, 1.54) is 5.56 Å². The zero-order valence-electron chi connectivity index (χ0n) is 8.47. The quantitative estimate of drug-likeness (QED) is 0.822. The molecular weight excluding hydrogens is 208 g/mol. The van der Waals surface area contributed by atoms with Crippen LogP contribution in [0.4, 0.5) is 0 Å². The van der Waals surface area contributed by atoms with Crippen LogP contribution in [0.3, 0.4) is 0 Å². The van der Waals surface area contributed by atoms with Gasteiger partial charge in [-0.15, -0.1) is 0 Å². The van der Waals surface area contributed by atoms with Crippen LogP contribution in [-0.2, 0) is 6.42 Å². The summed E-state index contributed by atoms with van der Waals surface area (Å²) in [4.78, 5) is 3.32. The number of hydrogen-bond donors (Lipinski definition) is 1. The molecule has 1 heterocycles. The molecule has 1 aromatic heterocycles. The van der Waals surface area contributed by atoms with E-state index in [0.29, 0.717) is 6.42 Å². The predicted octanol–water partition coefficient (Wildman–Crippen LogP) is 3.59. The molecule has 0 saturated heterocycles. The van der Waals surface area contributed by atoms with Gasteiger partial charge in [-0.2, -0.15) is 5.26 Å². The minimum absolute atomic E-state index is 0.543. The van der Waals surface area contributed by atoms with E-state index in [4.69, 9.17) is 16.9 Å². The normalized spacial score (nSPS) is 10.5. The Labute approximate surface area is 93.5 Å². The van der Waals surface area contributed by atoms with Gasteiger partial charge in [0, 0.05) is 34.5 Å². The van der Waals surface area contributed by atoms with E-state index in [2.05, 4.69) is 18.0 Å². The zero-order chi connectivity index (χ0) is 10.8. The molecule has 0 fully saturated rings. The summed E-state index contributed by atoms with van der Waals surface area (Å²) in [5.41, 5.74) is 3.42. The Bertz CT molecular complexity index is 534. The van der Waals surface area contributed by atoms with Crippen molar-refractivity contribution in [2.75, 3.05) is 0 Å². The van der Waals surface area contributed by atoms with Crippen molar-refractivity contribution in [3.8, 4) is 6.07 Å². The average Bonchev–Trinajstić information content (AvgIpc) is 2.53. The average molecular weight is 219 g/mol. The zero-order valence-corrected chi connectivity index (χ0v) is 9.23. The fraction of sp³-hybridized carbons (Fsp3) is 0.250. The molecule has 1 aromatic carbocycles. The Morgan fingerprint density at radius 3 is 3.00 bits per heavy atom. The first kappa shape index (κ1) is 10.1. The van der Waals surface area contributed by atoms with Crippen LogP contribution < -0.4 is 0 Å². The molecule has 15 heavy (non-hydrogen) atoms. The van der Waals surface area contributed by atoms with E-state index in [0.717, 1.165) is 28.0 Å². The van der Waals surface area contributed by atoms with Crippen LogP contribution in [0.15, 0.2) is 18.2 Å². The van der Waals surface area contributed by atoms with E-state index in [1.807, 2.05) is 18.2 Å². The number of nitrogens with one attached hydrogen (secondary N) is 1. The summed E-state index contributed by atoms with van der Waals surface area (Å²) >= 11 is 5.94. The topological polar surface area (TPSA) is 39.6 Å². The Balaban J connectivity index is 2.50. The lowest BCUT2D eigenvalue weighted by Gasteiger charge is -1.94.